The minimum absolute atomic E-state index is 0.0000508. The molecule has 6 nitrogen and oxygen atoms in total. The smallest absolute Gasteiger partial charge is 0.272 e. The van der Waals surface area contributed by atoms with Gasteiger partial charge in [-0.3, -0.25) is 9.59 Å². The number of nitrogens with zero attached hydrogens (tertiary/aromatic N) is 2. The maximum Gasteiger partial charge on any atom is 0.272 e. The third kappa shape index (κ3) is 3.52. The molecule has 0 aromatic carbocycles. The Balaban J connectivity index is 1.41. The van der Waals surface area contributed by atoms with Gasteiger partial charge in [-0.2, -0.15) is 0 Å². The first-order chi connectivity index (χ1) is 12.2. The monoisotopic (exact) mass is 340 g/mol. The van der Waals surface area contributed by atoms with Gasteiger partial charge < -0.3 is 15.0 Å². The fourth-order valence-corrected chi connectivity index (χ4v) is 3.63. The fraction of sp³-hybridized carbons (Fsp3) is 0.526. The Morgan fingerprint density at radius 3 is 2.68 bits per heavy atom. The molecule has 6 heteroatoms. The van der Waals surface area contributed by atoms with Gasteiger partial charge in [0.25, 0.3) is 5.91 Å². The number of hydrogen-bond acceptors (Lipinski definition) is 3. The SMILES string of the molecule is O=C(CNC(=O)c1nc(C2CC2)n2ccccc12)NC1CCCCC1. The molecule has 2 aliphatic rings. The van der Waals surface area contributed by atoms with Gasteiger partial charge in [-0.05, 0) is 37.8 Å². The van der Waals surface area contributed by atoms with E-state index in [1.54, 1.807) is 0 Å². The molecule has 2 aromatic heterocycles. The van der Waals surface area contributed by atoms with Crippen LogP contribution < -0.4 is 10.6 Å². The zero-order chi connectivity index (χ0) is 17.2. The van der Waals surface area contributed by atoms with Crippen LogP contribution in [0, 0.1) is 0 Å². The van der Waals surface area contributed by atoms with Crippen LogP contribution in [0.2, 0.25) is 0 Å². The second kappa shape index (κ2) is 6.86. The minimum Gasteiger partial charge on any atom is -0.352 e. The number of amides is 2. The van der Waals surface area contributed by atoms with E-state index in [2.05, 4.69) is 15.6 Å². The highest BCUT2D eigenvalue weighted by molar-refractivity contribution is 6.00. The van der Waals surface area contributed by atoms with Crippen molar-refractivity contribution in [3.63, 3.8) is 0 Å². The summed E-state index contributed by atoms with van der Waals surface area (Å²) in [6.07, 6.45) is 9.86. The van der Waals surface area contributed by atoms with E-state index in [-0.39, 0.29) is 24.4 Å². The van der Waals surface area contributed by atoms with Crippen LogP contribution in [0.15, 0.2) is 24.4 Å². The van der Waals surface area contributed by atoms with Crippen molar-refractivity contribution >= 4 is 17.3 Å². The van der Waals surface area contributed by atoms with E-state index in [1.165, 1.54) is 19.3 Å². The van der Waals surface area contributed by atoms with Gasteiger partial charge in [0.05, 0.1) is 12.1 Å². The van der Waals surface area contributed by atoms with Crippen LogP contribution in [-0.4, -0.2) is 33.8 Å². The van der Waals surface area contributed by atoms with Crippen molar-refractivity contribution in [3.05, 3.63) is 35.9 Å². The number of carbonyl (C=O) groups excluding carboxylic acids is 2. The number of fused-ring (bicyclic) bond motifs is 1. The molecule has 0 spiro atoms. The first-order valence-corrected chi connectivity index (χ1v) is 9.27. The number of rotatable bonds is 5. The molecule has 2 fully saturated rings. The van der Waals surface area contributed by atoms with Crippen LogP contribution >= 0.6 is 0 Å². The van der Waals surface area contributed by atoms with Crippen LogP contribution in [0.1, 0.15) is 67.2 Å². The lowest BCUT2D eigenvalue weighted by atomic mass is 9.95. The van der Waals surface area contributed by atoms with E-state index in [0.29, 0.717) is 11.6 Å². The Bertz CT molecular complexity index is 788. The maximum absolute atomic E-state index is 12.5. The number of imidazole rings is 1. The molecule has 132 valence electrons. The molecule has 25 heavy (non-hydrogen) atoms. The molecule has 0 atom stereocenters. The van der Waals surface area contributed by atoms with Crippen LogP contribution in [-0.2, 0) is 4.79 Å². The average Bonchev–Trinajstić information content (AvgIpc) is 3.41. The molecule has 0 bridgehead atoms. The minimum atomic E-state index is -0.283. The van der Waals surface area contributed by atoms with E-state index in [4.69, 9.17) is 0 Å². The lowest BCUT2D eigenvalue weighted by Gasteiger charge is -2.22. The Morgan fingerprint density at radius 2 is 1.92 bits per heavy atom. The summed E-state index contributed by atoms with van der Waals surface area (Å²) < 4.78 is 1.99. The molecular formula is C19H24N4O2. The van der Waals surface area contributed by atoms with Crippen molar-refractivity contribution < 1.29 is 9.59 Å². The first-order valence-electron chi connectivity index (χ1n) is 9.27. The third-order valence-electron chi connectivity index (χ3n) is 5.11. The van der Waals surface area contributed by atoms with Gasteiger partial charge in [0.2, 0.25) is 5.91 Å². The van der Waals surface area contributed by atoms with Gasteiger partial charge in [0.1, 0.15) is 5.82 Å². The van der Waals surface area contributed by atoms with Crippen LogP contribution in [0.5, 0.6) is 0 Å². The van der Waals surface area contributed by atoms with E-state index in [9.17, 15) is 9.59 Å². The fourth-order valence-electron chi connectivity index (χ4n) is 3.63. The number of hydrogen-bond donors (Lipinski definition) is 2. The molecule has 4 rings (SSSR count). The zero-order valence-electron chi connectivity index (χ0n) is 14.3. The average molecular weight is 340 g/mol. The number of aromatic nitrogens is 2. The third-order valence-corrected chi connectivity index (χ3v) is 5.11. The van der Waals surface area contributed by atoms with Crippen molar-refractivity contribution in [2.24, 2.45) is 0 Å². The molecule has 2 N–H and O–H groups in total. The summed E-state index contributed by atoms with van der Waals surface area (Å²) in [6.45, 7) is -0.0000508. The molecule has 0 radical (unpaired) electrons. The van der Waals surface area contributed by atoms with Gasteiger partial charge in [-0.25, -0.2) is 4.98 Å². The highest BCUT2D eigenvalue weighted by Crippen LogP contribution is 2.39. The molecule has 2 aliphatic carbocycles. The highest BCUT2D eigenvalue weighted by Gasteiger charge is 2.30. The topological polar surface area (TPSA) is 75.5 Å². The summed E-state index contributed by atoms with van der Waals surface area (Å²) in [5.74, 6) is 0.999. The van der Waals surface area contributed by atoms with Gasteiger partial charge in [0, 0.05) is 18.2 Å². The Hall–Kier alpha value is -2.37. The van der Waals surface area contributed by atoms with Crippen LogP contribution in [0.3, 0.4) is 0 Å². The van der Waals surface area contributed by atoms with E-state index >= 15 is 0 Å². The lowest BCUT2D eigenvalue weighted by Crippen LogP contribution is -2.42. The van der Waals surface area contributed by atoms with Gasteiger partial charge in [-0.15, -0.1) is 0 Å². The summed E-state index contributed by atoms with van der Waals surface area (Å²) in [6, 6.07) is 6.00. The van der Waals surface area contributed by atoms with Crippen molar-refractivity contribution in [2.45, 2.75) is 56.9 Å². The molecule has 0 aliphatic heterocycles. The van der Waals surface area contributed by atoms with Gasteiger partial charge >= 0.3 is 0 Å². The van der Waals surface area contributed by atoms with Gasteiger partial charge in [-0.1, -0.05) is 25.3 Å². The van der Waals surface area contributed by atoms with Gasteiger partial charge in [0.15, 0.2) is 5.69 Å². The molecule has 0 saturated heterocycles. The maximum atomic E-state index is 12.5. The van der Waals surface area contributed by atoms with Crippen molar-refractivity contribution in [3.8, 4) is 0 Å². The van der Waals surface area contributed by atoms with Crippen molar-refractivity contribution in [1.29, 1.82) is 0 Å². The summed E-state index contributed by atoms with van der Waals surface area (Å²) in [7, 11) is 0. The highest BCUT2D eigenvalue weighted by atomic mass is 16.2. The summed E-state index contributed by atoms with van der Waals surface area (Å²) in [5.41, 5.74) is 1.21. The standard InChI is InChI=1S/C19H24N4O2/c24-16(21-14-6-2-1-3-7-14)12-20-19(25)17-15-8-4-5-11-23(15)18(22-17)13-9-10-13/h4-5,8,11,13-14H,1-3,6-7,9-10,12H2,(H,20,25)(H,21,24). The molecular weight excluding hydrogens is 316 g/mol. The van der Waals surface area contributed by atoms with E-state index < -0.39 is 0 Å². The molecule has 0 unspecified atom stereocenters. The second-order valence-electron chi connectivity index (χ2n) is 7.13. The zero-order valence-corrected chi connectivity index (χ0v) is 14.3. The Kier molecular flexibility index (Phi) is 4.42. The first kappa shape index (κ1) is 16.1. The largest absolute Gasteiger partial charge is 0.352 e. The number of pyridine rings is 1. The van der Waals surface area contributed by atoms with Crippen molar-refractivity contribution in [2.75, 3.05) is 6.54 Å². The molecule has 2 aromatic rings. The Morgan fingerprint density at radius 1 is 1.12 bits per heavy atom. The summed E-state index contributed by atoms with van der Waals surface area (Å²) in [4.78, 5) is 29.2. The summed E-state index contributed by atoms with van der Waals surface area (Å²) >= 11 is 0. The number of carbonyl (C=O) groups is 2. The quantitative estimate of drug-likeness (QED) is 0.877. The van der Waals surface area contributed by atoms with Crippen LogP contribution in [0.4, 0.5) is 0 Å². The molecule has 2 amide bonds. The van der Waals surface area contributed by atoms with E-state index in [0.717, 1.165) is 37.0 Å². The molecule has 2 saturated carbocycles. The predicted octanol–water partition coefficient (Wildman–Crippen LogP) is 2.39. The van der Waals surface area contributed by atoms with Crippen molar-refractivity contribution in [1.82, 2.24) is 20.0 Å². The lowest BCUT2D eigenvalue weighted by molar-refractivity contribution is -0.121. The van der Waals surface area contributed by atoms with Crippen LogP contribution in [0.25, 0.3) is 5.52 Å². The molecule has 2 heterocycles. The second-order valence-corrected chi connectivity index (χ2v) is 7.13. The normalized spacial score (nSPS) is 18.2. The van der Waals surface area contributed by atoms with E-state index in [1.807, 2.05) is 28.8 Å². The summed E-state index contributed by atoms with van der Waals surface area (Å²) in [5, 5.41) is 5.74. The number of nitrogens with one attached hydrogen (secondary N) is 2. The predicted molar refractivity (Wildman–Crippen MR) is 94.5 cm³/mol. The Labute approximate surface area is 147 Å².